The van der Waals surface area contributed by atoms with Gasteiger partial charge in [0.05, 0.1) is 21.1 Å². The monoisotopic (exact) mass is 789 g/mol. The highest BCUT2D eigenvalue weighted by Gasteiger charge is 2.27. The first-order chi connectivity index (χ1) is 26.0. The molecule has 0 aromatic rings. The van der Waals surface area contributed by atoms with Crippen LogP contribution in [0.2, 0.25) is 0 Å². The fourth-order valence-corrected chi connectivity index (χ4v) is 6.93. The van der Waals surface area contributed by atoms with Gasteiger partial charge in [0, 0.05) is 12.8 Å². The summed E-state index contributed by atoms with van der Waals surface area (Å²) in [7, 11) is 1.45. The summed E-state index contributed by atoms with van der Waals surface area (Å²) in [5.41, 5.74) is 0. The van der Waals surface area contributed by atoms with Crippen molar-refractivity contribution in [3.8, 4) is 0 Å². The Balaban J connectivity index is 4.34. The maximum atomic E-state index is 12.7. The van der Waals surface area contributed by atoms with Crippen LogP contribution in [0.3, 0.4) is 0 Å². The van der Waals surface area contributed by atoms with Crippen LogP contribution < -0.4 is 0 Å². The van der Waals surface area contributed by atoms with Gasteiger partial charge in [-0.2, -0.15) is 0 Å². The minimum absolute atomic E-state index is 0.0240. The Labute approximate surface area is 333 Å². The lowest BCUT2D eigenvalue weighted by atomic mass is 10.0. The van der Waals surface area contributed by atoms with Gasteiger partial charge in [-0.3, -0.25) is 18.6 Å². The van der Waals surface area contributed by atoms with Crippen LogP contribution in [0, 0.1) is 0 Å². The van der Waals surface area contributed by atoms with E-state index in [4.69, 9.17) is 18.5 Å². The first kappa shape index (κ1) is 52.9. The van der Waals surface area contributed by atoms with Crippen molar-refractivity contribution in [1.29, 1.82) is 0 Å². The van der Waals surface area contributed by atoms with Gasteiger partial charge in [-0.05, 0) is 38.5 Å². The van der Waals surface area contributed by atoms with E-state index in [1.54, 1.807) is 0 Å². The summed E-state index contributed by atoms with van der Waals surface area (Å²) in [6, 6.07) is 0. The molecule has 0 saturated heterocycles. The summed E-state index contributed by atoms with van der Waals surface area (Å²) in [6.45, 7) is 4.30. The molecule has 0 aromatic carbocycles. The third-order valence-corrected chi connectivity index (χ3v) is 10.8. The second kappa shape index (κ2) is 37.5. The molecule has 320 valence electrons. The van der Waals surface area contributed by atoms with Gasteiger partial charge in [0.15, 0.2) is 5.78 Å². The largest absolute Gasteiger partial charge is 0.472 e. The molecule has 9 nitrogen and oxygen atoms in total. The van der Waals surface area contributed by atoms with Crippen molar-refractivity contribution < 1.29 is 42.1 Å². The van der Waals surface area contributed by atoms with Crippen molar-refractivity contribution in [3.05, 3.63) is 12.2 Å². The van der Waals surface area contributed by atoms with Gasteiger partial charge in [-0.1, -0.05) is 167 Å². The maximum absolute atomic E-state index is 12.7. The third kappa shape index (κ3) is 40.6. The van der Waals surface area contributed by atoms with Gasteiger partial charge < -0.3 is 18.9 Å². The molecule has 0 aliphatic carbocycles. The average Bonchev–Trinajstić information content (AvgIpc) is 3.12. The number of Topliss-reactive ketones (excluding diaryl/α,β-unsaturated/α-hetero) is 1. The Morgan fingerprint density at radius 1 is 0.593 bits per heavy atom. The van der Waals surface area contributed by atoms with Gasteiger partial charge in [-0.15, -0.1) is 0 Å². The van der Waals surface area contributed by atoms with Crippen molar-refractivity contribution >= 4 is 19.6 Å². The average molecular weight is 789 g/mol. The Morgan fingerprint density at radius 2 is 1.00 bits per heavy atom. The fourth-order valence-electron chi connectivity index (χ4n) is 6.24. The normalized spacial score (nSPS) is 13.7. The summed E-state index contributed by atoms with van der Waals surface area (Å²) >= 11 is 0. The van der Waals surface area contributed by atoms with Crippen LogP contribution in [0.25, 0.3) is 0 Å². The highest BCUT2D eigenvalue weighted by molar-refractivity contribution is 7.47. The lowest BCUT2D eigenvalue weighted by Gasteiger charge is -2.24. The third-order valence-electron chi connectivity index (χ3n) is 9.79. The Hall–Kier alpha value is -1.09. The van der Waals surface area contributed by atoms with Crippen LogP contribution in [-0.4, -0.2) is 74.9 Å². The zero-order valence-corrected chi connectivity index (χ0v) is 36.9. The predicted octanol–water partition coefficient (Wildman–Crippen LogP) is 12.6. The zero-order chi connectivity index (χ0) is 40.0. The molecule has 0 heterocycles. The quantitative estimate of drug-likeness (QED) is 0.0163. The van der Waals surface area contributed by atoms with E-state index in [0.29, 0.717) is 23.9 Å². The van der Waals surface area contributed by atoms with Gasteiger partial charge in [0.25, 0.3) is 0 Å². The number of allylic oxidation sites excluding steroid dienone is 2. The molecule has 0 aliphatic heterocycles. The smallest absolute Gasteiger partial charge is 0.433 e. The fraction of sp³-hybridized carbons (Fsp3) is 0.909. The second-order valence-corrected chi connectivity index (χ2v) is 17.9. The van der Waals surface area contributed by atoms with E-state index in [0.717, 1.165) is 44.9 Å². The van der Waals surface area contributed by atoms with Gasteiger partial charge in [-0.25, -0.2) is 4.57 Å². The lowest BCUT2D eigenvalue weighted by molar-refractivity contribution is -0.870. The van der Waals surface area contributed by atoms with Crippen molar-refractivity contribution in [2.75, 3.05) is 47.5 Å². The minimum Gasteiger partial charge on any atom is -0.433 e. The van der Waals surface area contributed by atoms with E-state index in [-0.39, 0.29) is 25.4 Å². The number of ketones is 1. The summed E-state index contributed by atoms with van der Waals surface area (Å²) in [4.78, 5) is 35.4. The van der Waals surface area contributed by atoms with Gasteiger partial charge >= 0.3 is 13.8 Å². The number of carbonyl (C=O) groups excluding carboxylic acids is 2. The molecule has 0 radical (unpaired) electrons. The molecule has 0 rings (SSSR count). The first-order valence-corrected chi connectivity index (χ1v) is 23.9. The van der Waals surface area contributed by atoms with E-state index in [2.05, 4.69) is 26.0 Å². The standard InChI is InChI=1S/C44H86NO8P/c1-6-8-10-12-14-16-18-20-22-24-26-28-30-32-34-36-42(46)40-50-44(41-52-54(48,49)51-39-38-45(3,4)5)53-43(47)37-35-33-31-29-27-25-23-21-19-17-15-13-11-9-7-2/h20,22,44H,6-19,21,23-41H2,1-5H3/p+1/b22-20-. The molecule has 0 spiro atoms. The summed E-state index contributed by atoms with van der Waals surface area (Å²) < 4.78 is 34.3. The SMILES string of the molecule is CCCCCCCC/C=C\CCCCCCCC(=O)COC(COP(=O)(O)OCC[N+](C)(C)C)OC(=O)CCCCCCCCCCCCCCCCC. The molecular formula is C44H87NO8P+. The van der Waals surface area contributed by atoms with Crippen molar-refractivity contribution in [3.63, 3.8) is 0 Å². The summed E-state index contributed by atoms with van der Waals surface area (Å²) in [5.74, 6) is -0.566. The molecule has 54 heavy (non-hydrogen) atoms. The molecule has 0 amide bonds. The van der Waals surface area contributed by atoms with Crippen LogP contribution in [0.5, 0.6) is 0 Å². The van der Waals surface area contributed by atoms with Crippen LogP contribution in [0.15, 0.2) is 12.2 Å². The van der Waals surface area contributed by atoms with Crippen molar-refractivity contribution in [2.45, 2.75) is 213 Å². The topological polar surface area (TPSA) is 108 Å². The number of carbonyl (C=O) groups is 2. The molecule has 0 fully saturated rings. The Morgan fingerprint density at radius 3 is 1.44 bits per heavy atom. The van der Waals surface area contributed by atoms with Crippen LogP contribution in [0.4, 0.5) is 0 Å². The van der Waals surface area contributed by atoms with Gasteiger partial charge in [0.1, 0.15) is 26.4 Å². The lowest BCUT2D eigenvalue weighted by Crippen LogP contribution is -2.37. The highest BCUT2D eigenvalue weighted by atomic mass is 31.2. The van der Waals surface area contributed by atoms with E-state index >= 15 is 0 Å². The number of phosphoric ester groups is 1. The summed E-state index contributed by atoms with van der Waals surface area (Å²) in [6.07, 6.45) is 38.1. The first-order valence-electron chi connectivity index (χ1n) is 22.4. The number of likely N-dealkylation sites (N-methyl/N-ethyl adjacent to an activating group) is 1. The molecule has 0 saturated carbocycles. The van der Waals surface area contributed by atoms with E-state index < -0.39 is 26.7 Å². The van der Waals surface area contributed by atoms with Crippen molar-refractivity contribution in [1.82, 2.24) is 0 Å². The maximum Gasteiger partial charge on any atom is 0.472 e. The second-order valence-electron chi connectivity index (χ2n) is 16.4. The number of phosphoric acid groups is 1. The molecule has 10 heteroatoms. The summed E-state index contributed by atoms with van der Waals surface area (Å²) in [5, 5.41) is 0. The Bertz CT molecular complexity index is 938. The number of esters is 1. The molecule has 2 atom stereocenters. The predicted molar refractivity (Wildman–Crippen MR) is 224 cm³/mol. The van der Waals surface area contributed by atoms with Crippen LogP contribution in [-0.2, 0) is 32.7 Å². The number of hydrogen-bond donors (Lipinski definition) is 1. The highest BCUT2D eigenvalue weighted by Crippen LogP contribution is 2.43. The molecular weight excluding hydrogens is 701 g/mol. The molecule has 0 aromatic heterocycles. The van der Waals surface area contributed by atoms with E-state index in [1.165, 1.54) is 128 Å². The molecule has 2 unspecified atom stereocenters. The molecule has 0 aliphatic rings. The number of rotatable bonds is 42. The number of quaternary nitrogens is 1. The van der Waals surface area contributed by atoms with Crippen LogP contribution >= 0.6 is 7.82 Å². The number of hydrogen-bond acceptors (Lipinski definition) is 7. The molecule has 0 bridgehead atoms. The number of unbranched alkanes of at least 4 members (excludes halogenated alkanes) is 25. The Kier molecular flexibility index (Phi) is 36.7. The number of ether oxygens (including phenoxy) is 2. The zero-order valence-electron chi connectivity index (χ0n) is 36.0. The minimum atomic E-state index is -4.39. The number of nitrogens with zero attached hydrogens (tertiary/aromatic N) is 1. The van der Waals surface area contributed by atoms with E-state index in [1.807, 2.05) is 21.1 Å². The van der Waals surface area contributed by atoms with Crippen molar-refractivity contribution in [2.24, 2.45) is 0 Å². The van der Waals surface area contributed by atoms with Crippen LogP contribution in [0.1, 0.15) is 206 Å². The van der Waals surface area contributed by atoms with E-state index in [9.17, 15) is 19.0 Å². The van der Waals surface area contributed by atoms with Gasteiger partial charge in [0.2, 0.25) is 6.29 Å². The molecule has 1 N–H and O–H groups in total.